The lowest BCUT2D eigenvalue weighted by atomic mass is 10.1. The van der Waals surface area contributed by atoms with Crippen LogP contribution in [-0.2, 0) is 11.2 Å². The van der Waals surface area contributed by atoms with Gasteiger partial charge in [-0.2, -0.15) is 0 Å². The molecule has 0 bridgehead atoms. The van der Waals surface area contributed by atoms with Crippen LogP contribution in [0.1, 0.15) is 26.5 Å². The van der Waals surface area contributed by atoms with Gasteiger partial charge in [0, 0.05) is 12.1 Å². The summed E-state index contributed by atoms with van der Waals surface area (Å²) < 4.78 is 18.3. The maximum Gasteiger partial charge on any atom is 0.407 e. The molecule has 0 saturated carbocycles. The standard InChI is InChI=1S/C13H18BrFN2O3/c1-13(2,3)20-12(19)17-9(7-18)6-8-4-5-10(15)11(14)16-8/h4-5,9,18H,6-7H2,1-3H3,(H,17,19)/t9-/m1/s1. The van der Waals surface area contributed by atoms with Crippen molar-refractivity contribution in [3.05, 3.63) is 28.2 Å². The van der Waals surface area contributed by atoms with Gasteiger partial charge in [0.15, 0.2) is 5.82 Å². The minimum atomic E-state index is -0.613. The van der Waals surface area contributed by atoms with Crippen LogP contribution < -0.4 is 5.32 Å². The number of aromatic nitrogens is 1. The van der Waals surface area contributed by atoms with Gasteiger partial charge in [-0.15, -0.1) is 0 Å². The number of rotatable bonds is 4. The van der Waals surface area contributed by atoms with Crippen LogP contribution in [-0.4, -0.2) is 34.4 Å². The van der Waals surface area contributed by atoms with Gasteiger partial charge in [-0.25, -0.2) is 14.2 Å². The van der Waals surface area contributed by atoms with Gasteiger partial charge in [0.1, 0.15) is 10.2 Å². The summed E-state index contributed by atoms with van der Waals surface area (Å²) in [5.74, 6) is -0.464. The Morgan fingerprint density at radius 2 is 2.20 bits per heavy atom. The Balaban J connectivity index is 2.63. The Bertz CT molecular complexity index is 477. The fourth-order valence-corrected chi connectivity index (χ4v) is 1.82. The zero-order valence-electron chi connectivity index (χ0n) is 11.6. The third kappa shape index (κ3) is 5.83. The molecule has 0 aliphatic rings. The molecule has 1 atom stereocenters. The van der Waals surface area contributed by atoms with Crippen molar-refractivity contribution in [1.82, 2.24) is 10.3 Å². The Morgan fingerprint density at radius 1 is 1.55 bits per heavy atom. The van der Waals surface area contributed by atoms with Gasteiger partial charge >= 0.3 is 6.09 Å². The van der Waals surface area contributed by atoms with Gasteiger partial charge in [0.2, 0.25) is 0 Å². The SMILES string of the molecule is CC(C)(C)OC(=O)N[C@@H](CO)Cc1ccc(F)c(Br)n1. The Labute approximate surface area is 125 Å². The van der Waals surface area contributed by atoms with Gasteiger partial charge in [-0.05, 0) is 48.8 Å². The van der Waals surface area contributed by atoms with Gasteiger partial charge in [0.05, 0.1) is 12.6 Å². The predicted molar refractivity (Wildman–Crippen MR) is 75.8 cm³/mol. The molecule has 0 saturated heterocycles. The number of hydrogen-bond acceptors (Lipinski definition) is 4. The Hall–Kier alpha value is -1.21. The smallest absolute Gasteiger partial charge is 0.407 e. The number of carbonyl (C=O) groups is 1. The molecule has 0 fully saturated rings. The number of alkyl carbamates (subject to hydrolysis) is 1. The van der Waals surface area contributed by atoms with Crippen LogP contribution in [0.4, 0.5) is 9.18 Å². The second kappa shape index (κ2) is 6.99. The van der Waals surface area contributed by atoms with Crippen molar-refractivity contribution < 1.29 is 19.0 Å². The molecule has 1 aromatic rings. The second-order valence-electron chi connectivity index (χ2n) is 5.31. The van der Waals surface area contributed by atoms with Gasteiger partial charge in [0.25, 0.3) is 0 Å². The predicted octanol–water partition coefficient (Wildman–Crippen LogP) is 2.41. The molecular weight excluding hydrogens is 331 g/mol. The number of nitrogens with zero attached hydrogens (tertiary/aromatic N) is 1. The summed E-state index contributed by atoms with van der Waals surface area (Å²) in [4.78, 5) is 15.6. The lowest BCUT2D eigenvalue weighted by Gasteiger charge is -2.22. The summed E-state index contributed by atoms with van der Waals surface area (Å²) in [6, 6.07) is 2.23. The topological polar surface area (TPSA) is 71.5 Å². The summed E-state index contributed by atoms with van der Waals surface area (Å²) in [6.45, 7) is 4.98. The van der Waals surface area contributed by atoms with Crippen molar-refractivity contribution in [2.24, 2.45) is 0 Å². The van der Waals surface area contributed by atoms with Crippen molar-refractivity contribution in [2.75, 3.05) is 6.61 Å². The van der Waals surface area contributed by atoms with E-state index in [1.54, 1.807) is 20.8 Å². The third-order valence-corrected chi connectivity index (χ3v) is 2.81. The van der Waals surface area contributed by atoms with Gasteiger partial charge < -0.3 is 15.2 Å². The van der Waals surface area contributed by atoms with Crippen LogP contribution in [0.25, 0.3) is 0 Å². The molecule has 20 heavy (non-hydrogen) atoms. The highest BCUT2D eigenvalue weighted by molar-refractivity contribution is 9.10. The molecule has 0 spiro atoms. The van der Waals surface area contributed by atoms with Gasteiger partial charge in [-0.3, -0.25) is 0 Å². The molecule has 7 heteroatoms. The maximum atomic E-state index is 13.1. The van der Waals surface area contributed by atoms with Crippen molar-refractivity contribution >= 4 is 22.0 Å². The molecule has 1 rings (SSSR count). The van der Waals surface area contributed by atoms with E-state index < -0.39 is 23.6 Å². The molecule has 5 nitrogen and oxygen atoms in total. The first kappa shape index (κ1) is 16.8. The summed E-state index contributed by atoms with van der Waals surface area (Å²) in [6.07, 6.45) is -0.341. The third-order valence-electron chi connectivity index (χ3n) is 2.26. The zero-order chi connectivity index (χ0) is 15.3. The van der Waals surface area contributed by atoms with Crippen LogP contribution in [0.5, 0.6) is 0 Å². The van der Waals surface area contributed by atoms with Crippen LogP contribution in [0, 0.1) is 5.82 Å². The van der Waals surface area contributed by atoms with Crippen molar-refractivity contribution in [3.63, 3.8) is 0 Å². The van der Waals surface area contributed by atoms with E-state index in [1.165, 1.54) is 12.1 Å². The monoisotopic (exact) mass is 348 g/mol. The van der Waals surface area contributed by atoms with E-state index in [9.17, 15) is 14.3 Å². The number of pyridine rings is 1. The molecule has 1 amide bonds. The lowest BCUT2D eigenvalue weighted by molar-refractivity contribution is 0.0482. The van der Waals surface area contributed by atoms with E-state index in [0.717, 1.165) is 0 Å². The number of aliphatic hydroxyl groups excluding tert-OH is 1. The highest BCUT2D eigenvalue weighted by atomic mass is 79.9. The zero-order valence-corrected chi connectivity index (χ0v) is 13.2. The summed E-state index contributed by atoms with van der Waals surface area (Å²) in [5.41, 5.74) is -0.0604. The molecule has 0 unspecified atom stereocenters. The van der Waals surface area contributed by atoms with E-state index >= 15 is 0 Å². The second-order valence-corrected chi connectivity index (χ2v) is 6.06. The highest BCUT2D eigenvalue weighted by Gasteiger charge is 2.19. The molecular formula is C13H18BrFN2O3. The first-order valence-corrected chi connectivity index (χ1v) is 6.92. The molecule has 2 N–H and O–H groups in total. The van der Waals surface area contributed by atoms with Crippen molar-refractivity contribution in [1.29, 1.82) is 0 Å². The molecule has 1 heterocycles. The van der Waals surface area contributed by atoms with E-state index in [0.29, 0.717) is 5.69 Å². The number of aliphatic hydroxyl groups is 1. The lowest BCUT2D eigenvalue weighted by Crippen LogP contribution is -2.42. The van der Waals surface area contributed by atoms with Crippen molar-refractivity contribution in [3.8, 4) is 0 Å². The number of carbonyl (C=O) groups excluding carboxylic acids is 1. The van der Waals surface area contributed by atoms with Crippen LogP contribution >= 0.6 is 15.9 Å². The summed E-state index contributed by atoms with van der Waals surface area (Å²) >= 11 is 2.99. The van der Waals surface area contributed by atoms with E-state index in [1.807, 2.05) is 0 Å². The number of hydrogen-bond donors (Lipinski definition) is 2. The highest BCUT2D eigenvalue weighted by Crippen LogP contribution is 2.13. The Kier molecular flexibility index (Phi) is 5.88. The molecule has 0 aliphatic heterocycles. The normalized spacial score (nSPS) is 12.9. The number of ether oxygens (including phenoxy) is 1. The van der Waals surface area contributed by atoms with E-state index in [2.05, 4.69) is 26.2 Å². The molecule has 0 aliphatic carbocycles. The van der Waals surface area contributed by atoms with Crippen LogP contribution in [0.3, 0.4) is 0 Å². The van der Waals surface area contributed by atoms with E-state index in [-0.39, 0.29) is 17.6 Å². The first-order chi connectivity index (χ1) is 9.21. The number of nitrogens with one attached hydrogen (secondary N) is 1. The first-order valence-electron chi connectivity index (χ1n) is 6.12. The van der Waals surface area contributed by atoms with E-state index in [4.69, 9.17) is 4.74 Å². The fourth-order valence-electron chi connectivity index (χ4n) is 1.46. The maximum absolute atomic E-state index is 13.1. The quantitative estimate of drug-likeness (QED) is 0.819. The number of halogens is 2. The van der Waals surface area contributed by atoms with Crippen LogP contribution in [0.15, 0.2) is 16.7 Å². The number of amides is 1. The van der Waals surface area contributed by atoms with Gasteiger partial charge in [-0.1, -0.05) is 0 Å². The molecule has 1 aromatic heterocycles. The average molecular weight is 349 g/mol. The van der Waals surface area contributed by atoms with Crippen molar-refractivity contribution in [2.45, 2.75) is 38.8 Å². The fraction of sp³-hybridized carbons (Fsp3) is 0.538. The van der Waals surface area contributed by atoms with Crippen LogP contribution in [0.2, 0.25) is 0 Å². The molecule has 0 aromatic carbocycles. The largest absolute Gasteiger partial charge is 0.444 e. The molecule has 112 valence electrons. The minimum absolute atomic E-state index is 0.101. The Morgan fingerprint density at radius 3 is 2.70 bits per heavy atom. The average Bonchev–Trinajstić information content (AvgIpc) is 2.30. The minimum Gasteiger partial charge on any atom is -0.444 e. The molecule has 0 radical (unpaired) electrons. The summed E-state index contributed by atoms with van der Waals surface area (Å²) in [5, 5.41) is 11.8. The summed E-state index contributed by atoms with van der Waals surface area (Å²) in [7, 11) is 0.